The largest absolute Gasteiger partial charge is 0.328 e. The van der Waals surface area contributed by atoms with E-state index in [4.69, 9.17) is 5.73 Å². The van der Waals surface area contributed by atoms with Gasteiger partial charge in [0.1, 0.15) is 0 Å². The third-order valence-electron chi connectivity index (χ3n) is 3.87. The third kappa shape index (κ3) is 3.33. The Morgan fingerprint density at radius 2 is 1.83 bits per heavy atom. The lowest BCUT2D eigenvalue weighted by Crippen LogP contribution is -2.38. The zero-order valence-electron chi connectivity index (χ0n) is 11.8. The van der Waals surface area contributed by atoms with E-state index in [-0.39, 0.29) is 5.41 Å². The summed E-state index contributed by atoms with van der Waals surface area (Å²) >= 11 is 0. The van der Waals surface area contributed by atoms with Crippen LogP contribution in [0.4, 0.5) is 0 Å². The van der Waals surface area contributed by atoms with Gasteiger partial charge in [0.15, 0.2) is 0 Å². The smallest absolute Gasteiger partial charge is 0.0371 e. The van der Waals surface area contributed by atoms with E-state index in [1.54, 1.807) is 0 Å². The van der Waals surface area contributed by atoms with Crippen LogP contribution in [0.25, 0.3) is 0 Å². The molecule has 0 radical (unpaired) electrons. The molecule has 1 aliphatic rings. The van der Waals surface area contributed by atoms with E-state index in [9.17, 15) is 0 Å². The molecule has 1 saturated carbocycles. The van der Waals surface area contributed by atoms with Crippen LogP contribution in [0.1, 0.15) is 51.6 Å². The van der Waals surface area contributed by atoms with Gasteiger partial charge in [0, 0.05) is 18.1 Å². The Morgan fingerprint density at radius 1 is 1.17 bits per heavy atom. The van der Waals surface area contributed by atoms with Gasteiger partial charge >= 0.3 is 0 Å². The van der Waals surface area contributed by atoms with Crippen molar-refractivity contribution in [2.45, 2.75) is 58.2 Å². The number of benzene rings is 1. The number of nitrogens with two attached hydrogens (primary N) is 1. The van der Waals surface area contributed by atoms with Crippen LogP contribution in [-0.2, 0) is 0 Å². The maximum absolute atomic E-state index is 6.01. The molecule has 18 heavy (non-hydrogen) atoms. The van der Waals surface area contributed by atoms with E-state index < -0.39 is 0 Å². The van der Waals surface area contributed by atoms with Crippen molar-refractivity contribution >= 4 is 0 Å². The zero-order valence-corrected chi connectivity index (χ0v) is 11.8. The lowest BCUT2D eigenvalue weighted by molar-refractivity contribution is 0.248. The van der Waals surface area contributed by atoms with Crippen LogP contribution >= 0.6 is 0 Å². The maximum Gasteiger partial charge on any atom is 0.0371 e. The topological polar surface area (TPSA) is 38.0 Å². The van der Waals surface area contributed by atoms with Gasteiger partial charge in [-0.2, -0.15) is 0 Å². The van der Waals surface area contributed by atoms with Crippen LogP contribution in [0.3, 0.4) is 0 Å². The van der Waals surface area contributed by atoms with Crippen molar-refractivity contribution in [2.75, 3.05) is 0 Å². The molecule has 1 aromatic carbocycles. The number of hydrogen-bond donors (Lipinski definition) is 2. The Morgan fingerprint density at radius 3 is 2.33 bits per heavy atom. The van der Waals surface area contributed by atoms with Crippen LogP contribution < -0.4 is 11.1 Å². The summed E-state index contributed by atoms with van der Waals surface area (Å²) in [4.78, 5) is 0. The van der Waals surface area contributed by atoms with Crippen molar-refractivity contribution in [1.82, 2.24) is 5.32 Å². The first-order chi connectivity index (χ1) is 8.47. The molecular formula is C16H26N2. The fraction of sp³-hybridized carbons (Fsp3) is 0.625. The SMILES string of the molecule is CC(C)(C)C(NC1CCC(N)C1)c1ccccc1. The minimum Gasteiger partial charge on any atom is -0.328 e. The second-order valence-electron chi connectivity index (χ2n) is 6.65. The fourth-order valence-electron chi connectivity index (χ4n) is 2.90. The summed E-state index contributed by atoms with van der Waals surface area (Å²) in [5.74, 6) is 0. The molecule has 100 valence electrons. The highest BCUT2D eigenvalue weighted by atomic mass is 15.0. The first kappa shape index (κ1) is 13.6. The Bertz CT molecular complexity index is 366. The molecule has 3 N–H and O–H groups in total. The van der Waals surface area contributed by atoms with Crippen LogP contribution in [0.2, 0.25) is 0 Å². The second kappa shape index (κ2) is 5.41. The summed E-state index contributed by atoms with van der Waals surface area (Å²) in [5, 5.41) is 3.82. The van der Waals surface area contributed by atoms with Gasteiger partial charge in [0.05, 0.1) is 0 Å². The summed E-state index contributed by atoms with van der Waals surface area (Å²) < 4.78 is 0. The Kier molecular flexibility index (Phi) is 4.08. The number of rotatable bonds is 3. The monoisotopic (exact) mass is 246 g/mol. The minimum atomic E-state index is 0.216. The molecular weight excluding hydrogens is 220 g/mol. The van der Waals surface area contributed by atoms with Gasteiger partial charge in [0.2, 0.25) is 0 Å². The minimum absolute atomic E-state index is 0.216. The molecule has 2 nitrogen and oxygen atoms in total. The summed E-state index contributed by atoms with van der Waals surface area (Å²) in [7, 11) is 0. The van der Waals surface area contributed by atoms with Crippen LogP contribution in [0.15, 0.2) is 30.3 Å². The second-order valence-corrected chi connectivity index (χ2v) is 6.65. The quantitative estimate of drug-likeness (QED) is 0.859. The Balaban J connectivity index is 2.12. The molecule has 2 rings (SSSR count). The van der Waals surface area contributed by atoms with Gasteiger partial charge in [-0.05, 0) is 30.2 Å². The number of hydrogen-bond acceptors (Lipinski definition) is 2. The highest BCUT2D eigenvalue weighted by Crippen LogP contribution is 2.34. The van der Waals surface area contributed by atoms with Crippen molar-refractivity contribution in [3.05, 3.63) is 35.9 Å². The summed E-state index contributed by atoms with van der Waals surface area (Å²) in [5.41, 5.74) is 7.60. The molecule has 0 heterocycles. The van der Waals surface area contributed by atoms with Crippen molar-refractivity contribution in [2.24, 2.45) is 11.1 Å². The van der Waals surface area contributed by atoms with E-state index in [2.05, 4.69) is 56.4 Å². The van der Waals surface area contributed by atoms with Crippen molar-refractivity contribution in [1.29, 1.82) is 0 Å². The molecule has 3 atom stereocenters. The van der Waals surface area contributed by atoms with Crippen molar-refractivity contribution in [3.8, 4) is 0 Å². The highest BCUT2D eigenvalue weighted by Gasteiger charge is 2.30. The zero-order chi connectivity index (χ0) is 13.2. The molecule has 1 aromatic rings. The van der Waals surface area contributed by atoms with Gasteiger partial charge < -0.3 is 11.1 Å². The van der Waals surface area contributed by atoms with E-state index >= 15 is 0 Å². The molecule has 0 saturated heterocycles. The van der Waals surface area contributed by atoms with Crippen molar-refractivity contribution in [3.63, 3.8) is 0 Å². The molecule has 0 bridgehead atoms. The molecule has 1 aliphatic carbocycles. The van der Waals surface area contributed by atoms with E-state index in [1.165, 1.54) is 12.0 Å². The fourth-order valence-corrected chi connectivity index (χ4v) is 2.90. The molecule has 3 unspecified atom stereocenters. The van der Waals surface area contributed by atoms with Crippen LogP contribution in [0, 0.1) is 5.41 Å². The predicted molar refractivity (Wildman–Crippen MR) is 77.4 cm³/mol. The van der Waals surface area contributed by atoms with Crippen LogP contribution in [0.5, 0.6) is 0 Å². The summed E-state index contributed by atoms with van der Waals surface area (Å²) in [6.45, 7) is 6.89. The standard InChI is InChI=1S/C16H26N2/c1-16(2,3)15(12-7-5-4-6-8-12)18-14-10-9-13(17)11-14/h4-8,13-15,18H,9-11,17H2,1-3H3. The van der Waals surface area contributed by atoms with Crippen LogP contribution in [-0.4, -0.2) is 12.1 Å². The highest BCUT2D eigenvalue weighted by molar-refractivity contribution is 5.21. The van der Waals surface area contributed by atoms with Gasteiger partial charge in [-0.1, -0.05) is 51.1 Å². The van der Waals surface area contributed by atoms with Crippen molar-refractivity contribution < 1.29 is 0 Å². The van der Waals surface area contributed by atoms with Gasteiger partial charge in [-0.15, -0.1) is 0 Å². The van der Waals surface area contributed by atoms with Gasteiger partial charge in [-0.3, -0.25) is 0 Å². The van der Waals surface area contributed by atoms with Gasteiger partial charge in [0.25, 0.3) is 0 Å². The van der Waals surface area contributed by atoms with Gasteiger partial charge in [-0.25, -0.2) is 0 Å². The summed E-state index contributed by atoms with van der Waals surface area (Å²) in [6, 6.07) is 12.1. The molecule has 0 aromatic heterocycles. The molecule has 2 heteroatoms. The first-order valence-corrected chi connectivity index (χ1v) is 7.03. The molecule has 0 aliphatic heterocycles. The van der Waals surface area contributed by atoms with E-state index in [0.29, 0.717) is 18.1 Å². The maximum atomic E-state index is 6.01. The average molecular weight is 246 g/mol. The van der Waals surface area contributed by atoms with E-state index in [0.717, 1.165) is 12.8 Å². The summed E-state index contributed by atoms with van der Waals surface area (Å²) in [6.07, 6.45) is 3.48. The third-order valence-corrected chi connectivity index (χ3v) is 3.87. The Hall–Kier alpha value is -0.860. The molecule has 0 amide bonds. The predicted octanol–water partition coefficient (Wildman–Crippen LogP) is 3.24. The van der Waals surface area contributed by atoms with E-state index in [1.807, 2.05) is 0 Å². The molecule has 0 spiro atoms. The number of nitrogens with one attached hydrogen (secondary N) is 1. The normalized spacial score (nSPS) is 26.2. The lowest BCUT2D eigenvalue weighted by atomic mass is 9.82. The average Bonchev–Trinajstić information content (AvgIpc) is 2.72. The first-order valence-electron chi connectivity index (χ1n) is 7.03. The lowest BCUT2D eigenvalue weighted by Gasteiger charge is -2.34. The Labute approximate surface area is 111 Å². The molecule has 1 fully saturated rings.